The van der Waals surface area contributed by atoms with E-state index in [0.29, 0.717) is 5.82 Å². The second kappa shape index (κ2) is 6.06. The first-order chi connectivity index (χ1) is 9.92. The maximum absolute atomic E-state index is 4.13. The fraction of sp³-hybridized carbons (Fsp3) is 0.200. The molecule has 0 aliphatic heterocycles. The Morgan fingerprint density at radius 2 is 1.90 bits per heavy atom. The molecule has 0 radical (unpaired) electrons. The second-order valence-electron chi connectivity index (χ2n) is 4.65. The number of pyridine rings is 1. The van der Waals surface area contributed by atoms with Crippen molar-refractivity contribution >= 4 is 0 Å². The highest BCUT2D eigenvalue weighted by Gasteiger charge is 2.03. The van der Waals surface area contributed by atoms with E-state index in [4.69, 9.17) is 0 Å². The normalized spacial score (nSPS) is 10.6. The molecule has 0 aliphatic carbocycles. The van der Waals surface area contributed by atoms with Gasteiger partial charge in [0.25, 0.3) is 0 Å². The quantitative estimate of drug-likeness (QED) is 0.769. The van der Waals surface area contributed by atoms with Crippen molar-refractivity contribution in [1.29, 1.82) is 0 Å². The van der Waals surface area contributed by atoms with Crippen molar-refractivity contribution < 1.29 is 0 Å². The highest BCUT2D eigenvalue weighted by molar-refractivity contribution is 5.54. The molecule has 5 heteroatoms. The monoisotopic (exact) mass is 265 g/mol. The number of tetrazole rings is 1. The van der Waals surface area contributed by atoms with Crippen molar-refractivity contribution in [2.24, 2.45) is 0 Å². The van der Waals surface area contributed by atoms with Crippen LogP contribution in [0.1, 0.15) is 17.5 Å². The maximum Gasteiger partial charge on any atom is 0.204 e. The number of benzene rings is 1. The summed E-state index contributed by atoms with van der Waals surface area (Å²) in [4.78, 5) is 4.13. The first-order valence-corrected chi connectivity index (χ1v) is 6.63. The molecular weight excluding hydrogens is 250 g/mol. The van der Waals surface area contributed by atoms with E-state index in [0.717, 1.165) is 24.8 Å². The van der Waals surface area contributed by atoms with Crippen LogP contribution in [0.4, 0.5) is 0 Å². The lowest BCUT2D eigenvalue weighted by Crippen LogP contribution is -1.91. The second-order valence-corrected chi connectivity index (χ2v) is 4.65. The summed E-state index contributed by atoms with van der Waals surface area (Å²) in [5, 5.41) is 14.1. The Morgan fingerprint density at radius 3 is 2.70 bits per heavy atom. The molecule has 3 rings (SSSR count). The van der Waals surface area contributed by atoms with Gasteiger partial charge in [0.2, 0.25) is 5.82 Å². The molecule has 1 aromatic carbocycles. The summed E-state index contributed by atoms with van der Waals surface area (Å²) < 4.78 is 0. The Labute approximate surface area is 117 Å². The summed E-state index contributed by atoms with van der Waals surface area (Å²) in [5.74, 6) is 0.638. The number of H-pyrrole nitrogens is 1. The van der Waals surface area contributed by atoms with Gasteiger partial charge in [-0.3, -0.25) is 4.98 Å². The van der Waals surface area contributed by atoms with Gasteiger partial charge in [-0.1, -0.05) is 24.3 Å². The van der Waals surface area contributed by atoms with Gasteiger partial charge in [0.05, 0.1) is 0 Å². The Morgan fingerprint density at radius 1 is 1.00 bits per heavy atom. The highest BCUT2D eigenvalue weighted by Crippen LogP contribution is 2.16. The molecule has 0 saturated carbocycles. The molecule has 2 heterocycles. The smallest absolute Gasteiger partial charge is 0.204 e. The van der Waals surface area contributed by atoms with E-state index >= 15 is 0 Å². The summed E-state index contributed by atoms with van der Waals surface area (Å²) in [6, 6.07) is 12.4. The zero-order chi connectivity index (χ0) is 13.6. The number of nitrogens with one attached hydrogen (secondary N) is 1. The van der Waals surface area contributed by atoms with Crippen molar-refractivity contribution in [1.82, 2.24) is 25.6 Å². The van der Waals surface area contributed by atoms with Gasteiger partial charge in [0.1, 0.15) is 0 Å². The van der Waals surface area contributed by atoms with Crippen LogP contribution in [0.25, 0.3) is 11.4 Å². The summed E-state index contributed by atoms with van der Waals surface area (Å²) in [6.07, 6.45) is 6.90. The molecule has 0 bridgehead atoms. The van der Waals surface area contributed by atoms with E-state index in [1.807, 2.05) is 24.4 Å². The predicted molar refractivity (Wildman–Crippen MR) is 75.9 cm³/mol. The summed E-state index contributed by atoms with van der Waals surface area (Å²) in [6.45, 7) is 0. The SMILES string of the molecule is c1cncc(CCCc2cccc(-c3nn[nH]n3)c2)c1. The van der Waals surface area contributed by atoms with E-state index in [2.05, 4.69) is 43.8 Å². The highest BCUT2D eigenvalue weighted by atomic mass is 15.5. The molecule has 0 amide bonds. The summed E-state index contributed by atoms with van der Waals surface area (Å²) >= 11 is 0. The summed E-state index contributed by atoms with van der Waals surface area (Å²) in [5.41, 5.74) is 3.57. The summed E-state index contributed by atoms with van der Waals surface area (Å²) in [7, 11) is 0. The zero-order valence-corrected chi connectivity index (χ0v) is 11.0. The van der Waals surface area contributed by atoms with Crippen LogP contribution in [0.5, 0.6) is 0 Å². The van der Waals surface area contributed by atoms with E-state index in [1.165, 1.54) is 11.1 Å². The molecular formula is C15H15N5. The van der Waals surface area contributed by atoms with Crippen LogP contribution < -0.4 is 0 Å². The van der Waals surface area contributed by atoms with Gasteiger partial charge in [-0.15, -0.1) is 10.2 Å². The molecule has 20 heavy (non-hydrogen) atoms. The van der Waals surface area contributed by atoms with Crippen molar-refractivity contribution in [3.8, 4) is 11.4 Å². The molecule has 0 fully saturated rings. The van der Waals surface area contributed by atoms with E-state index in [9.17, 15) is 0 Å². The number of aromatic amines is 1. The Balaban J connectivity index is 1.62. The van der Waals surface area contributed by atoms with Gasteiger partial charge >= 0.3 is 0 Å². The zero-order valence-electron chi connectivity index (χ0n) is 11.0. The van der Waals surface area contributed by atoms with E-state index < -0.39 is 0 Å². The number of aryl methyl sites for hydroxylation is 2. The third kappa shape index (κ3) is 3.06. The molecule has 5 nitrogen and oxygen atoms in total. The van der Waals surface area contributed by atoms with Crippen molar-refractivity contribution in [2.45, 2.75) is 19.3 Å². The Bertz CT molecular complexity index is 649. The average Bonchev–Trinajstić information content (AvgIpc) is 3.03. The molecule has 2 aromatic heterocycles. The largest absolute Gasteiger partial charge is 0.264 e. The van der Waals surface area contributed by atoms with E-state index in [1.54, 1.807) is 6.20 Å². The van der Waals surface area contributed by atoms with Gasteiger partial charge in [-0.25, -0.2) is 0 Å². The number of aromatic nitrogens is 5. The molecule has 0 saturated heterocycles. The lowest BCUT2D eigenvalue weighted by atomic mass is 10.0. The average molecular weight is 265 g/mol. The minimum atomic E-state index is 0.638. The number of rotatable bonds is 5. The fourth-order valence-corrected chi connectivity index (χ4v) is 2.19. The third-order valence-corrected chi connectivity index (χ3v) is 3.18. The van der Waals surface area contributed by atoms with Crippen molar-refractivity contribution in [3.05, 3.63) is 59.9 Å². The van der Waals surface area contributed by atoms with E-state index in [-0.39, 0.29) is 0 Å². The number of nitrogens with zero attached hydrogens (tertiary/aromatic N) is 4. The van der Waals surface area contributed by atoms with Crippen molar-refractivity contribution in [2.75, 3.05) is 0 Å². The molecule has 3 aromatic rings. The van der Waals surface area contributed by atoms with Gasteiger partial charge in [-0.05, 0) is 47.7 Å². The van der Waals surface area contributed by atoms with Gasteiger partial charge in [0.15, 0.2) is 0 Å². The molecule has 100 valence electrons. The van der Waals surface area contributed by atoms with Gasteiger partial charge in [-0.2, -0.15) is 5.21 Å². The van der Waals surface area contributed by atoms with Crippen LogP contribution in [0.2, 0.25) is 0 Å². The van der Waals surface area contributed by atoms with Crippen molar-refractivity contribution in [3.63, 3.8) is 0 Å². The fourth-order valence-electron chi connectivity index (χ4n) is 2.19. The van der Waals surface area contributed by atoms with Crippen LogP contribution in [0, 0.1) is 0 Å². The topological polar surface area (TPSA) is 67.3 Å². The van der Waals surface area contributed by atoms with Crippen LogP contribution in [0.3, 0.4) is 0 Å². The predicted octanol–water partition coefficient (Wildman–Crippen LogP) is 2.44. The van der Waals surface area contributed by atoms with Crippen LogP contribution in [-0.4, -0.2) is 25.6 Å². The van der Waals surface area contributed by atoms with Gasteiger partial charge < -0.3 is 0 Å². The van der Waals surface area contributed by atoms with Crippen LogP contribution >= 0.6 is 0 Å². The Kier molecular flexibility index (Phi) is 3.78. The third-order valence-electron chi connectivity index (χ3n) is 3.18. The molecule has 0 spiro atoms. The minimum absolute atomic E-state index is 0.638. The molecule has 0 aliphatic rings. The Hall–Kier alpha value is -2.56. The van der Waals surface area contributed by atoms with Crippen LogP contribution in [-0.2, 0) is 12.8 Å². The molecule has 0 atom stereocenters. The van der Waals surface area contributed by atoms with Gasteiger partial charge in [0, 0.05) is 18.0 Å². The molecule has 0 unspecified atom stereocenters. The molecule has 1 N–H and O–H groups in total. The maximum atomic E-state index is 4.13. The first kappa shape index (κ1) is 12.5. The minimum Gasteiger partial charge on any atom is -0.264 e. The lowest BCUT2D eigenvalue weighted by Gasteiger charge is -2.03. The lowest BCUT2D eigenvalue weighted by molar-refractivity contribution is 0.817. The number of hydrogen-bond acceptors (Lipinski definition) is 4. The number of hydrogen-bond donors (Lipinski definition) is 1. The standard InChI is InChI=1S/C15H15N5/c1(6-13-7-3-9-16-11-13)4-12-5-2-8-14(10-12)15-17-19-20-18-15/h2-3,5,7-11H,1,4,6H2,(H,17,18,19,20). The van der Waals surface area contributed by atoms with Crippen LogP contribution in [0.15, 0.2) is 48.8 Å². The first-order valence-electron chi connectivity index (χ1n) is 6.63.